The van der Waals surface area contributed by atoms with Gasteiger partial charge >= 0.3 is 0 Å². The van der Waals surface area contributed by atoms with Gasteiger partial charge in [0, 0.05) is 23.0 Å². The molecule has 1 aliphatic heterocycles. The molecule has 33 heavy (non-hydrogen) atoms. The molecule has 4 aromatic rings. The van der Waals surface area contributed by atoms with Crippen molar-refractivity contribution in [3.05, 3.63) is 76.5 Å². The minimum absolute atomic E-state index is 0.183. The summed E-state index contributed by atoms with van der Waals surface area (Å²) in [6, 6.07) is 11.9. The highest BCUT2D eigenvalue weighted by atomic mass is 19.1. The zero-order valence-corrected chi connectivity index (χ0v) is 17.3. The van der Waals surface area contributed by atoms with Crippen LogP contribution in [0.4, 0.5) is 4.39 Å². The van der Waals surface area contributed by atoms with Gasteiger partial charge in [0.05, 0.1) is 36.2 Å². The lowest BCUT2D eigenvalue weighted by molar-refractivity contribution is 0.0665. The number of fused-ring (bicyclic) bond motifs is 1. The molecule has 9 nitrogen and oxygen atoms in total. The molecule has 0 aliphatic carbocycles. The van der Waals surface area contributed by atoms with Crippen LogP contribution >= 0.6 is 0 Å². The normalized spacial score (nSPS) is 18.2. The van der Waals surface area contributed by atoms with E-state index in [1.165, 1.54) is 27.8 Å². The number of nitrogens with zero attached hydrogens (tertiary/aromatic N) is 4. The van der Waals surface area contributed by atoms with Crippen LogP contribution in [-0.4, -0.2) is 66.3 Å². The van der Waals surface area contributed by atoms with E-state index in [-0.39, 0.29) is 30.2 Å². The molecule has 0 radical (unpaired) electrons. The maximum absolute atomic E-state index is 13.6. The van der Waals surface area contributed by atoms with Crippen LogP contribution in [0, 0.1) is 5.82 Å². The van der Waals surface area contributed by atoms with E-state index in [4.69, 9.17) is 0 Å². The fourth-order valence-corrected chi connectivity index (χ4v) is 4.12. The van der Waals surface area contributed by atoms with Gasteiger partial charge in [-0.3, -0.25) is 9.59 Å². The lowest BCUT2D eigenvalue weighted by Crippen LogP contribution is -2.37. The van der Waals surface area contributed by atoms with Gasteiger partial charge in [-0.25, -0.2) is 9.07 Å². The standard InChI is InChI=1S/C23H20FN5O4/c24-15-3-6-20-14(7-15)8-19(22(32)25-20)21-11-29(27-26-21)16-4-1-13(2-5-16)23(33)28-10-18(31)9-17(28)12-30/h1-8,11,17-18,30-31H,9-10,12H2,(H,25,32)/t17-,18+/m0/s1. The molecule has 2 aromatic carbocycles. The summed E-state index contributed by atoms with van der Waals surface area (Å²) < 4.78 is 15.0. The van der Waals surface area contributed by atoms with Crippen molar-refractivity contribution in [3.8, 4) is 16.9 Å². The molecule has 168 valence electrons. The third-order valence-corrected chi connectivity index (χ3v) is 5.82. The number of benzene rings is 2. The van der Waals surface area contributed by atoms with Gasteiger partial charge in [-0.2, -0.15) is 0 Å². The highest BCUT2D eigenvalue weighted by Crippen LogP contribution is 2.22. The molecule has 3 heterocycles. The first-order chi connectivity index (χ1) is 15.9. The molecule has 1 amide bonds. The summed E-state index contributed by atoms with van der Waals surface area (Å²) in [5, 5.41) is 28.0. The predicted octanol–water partition coefficient (Wildman–Crippen LogP) is 1.48. The number of rotatable bonds is 4. The van der Waals surface area contributed by atoms with Crippen molar-refractivity contribution in [2.45, 2.75) is 18.6 Å². The van der Waals surface area contributed by atoms with E-state index in [2.05, 4.69) is 15.3 Å². The Bertz CT molecular complexity index is 1400. The van der Waals surface area contributed by atoms with Crippen LogP contribution in [0.3, 0.4) is 0 Å². The van der Waals surface area contributed by atoms with E-state index in [9.17, 15) is 24.2 Å². The SMILES string of the molecule is O=C(c1ccc(-n2cc(-c3cc4cc(F)ccc4[nH]c3=O)nn2)cc1)N1C[C@H](O)C[C@H]1CO. The number of hydrogen-bond acceptors (Lipinski definition) is 6. The summed E-state index contributed by atoms with van der Waals surface area (Å²) in [5.41, 5.74) is 1.77. The van der Waals surface area contributed by atoms with Gasteiger partial charge in [0.2, 0.25) is 0 Å². The van der Waals surface area contributed by atoms with E-state index in [0.29, 0.717) is 34.3 Å². The molecule has 1 fully saturated rings. The summed E-state index contributed by atoms with van der Waals surface area (Å²) in [5.74, 6) is -0.682. The molecule has 0 unspecified atom stereocenters. The van der Waals surface area contributed by atoms with Gasteiger partial charge in [0.15, 0.2) is 0 Å². The molecule has 0 bridgehead atoms. The molecular weight excluding hydrogens is 429 g/mol. The Morgan fingerprint density at radius 2 is 1.97 bits per heavy atom. The van der Waals surface area contributed by atoms with E-state index in [1.54, 1.807) is 36.5 Å². The van der Waals surface area contributed by atoms with Crippen molar-refractivity contribution >= 4 is 16.8 Å². The third kappa shape index (κ3) is 3.90. The second kappa shape index (κ2) is 8.23. The third-order valence-electron chi connectivity index (χ3n) is 5.82. The van der Waals surface area contributed by atoms with Crippen molar-refractivity contribution in [2.75, 3.05) is 13.2 Å². The van der Waals surface area contributed by atoms with E-state index in [0.717, 1.165) is 0 Å². The van der Waals surface area contributed by atoms with Crippen LogP contribution in [0.2, 0.25) is 0 Å². The quantitative estimate of drug-likeness (QED) is 0.434. The zero-order chi connectivity index (χ0) is 23.1. The minimum atomic E-state index is -0.645. The molecule has 2 aromatic heterocycles. The van der Waals surface area contributed by atoms with Gasteiger partial charge < -0.3 is 20.1 Å². The van der Waals surface area contributed by atoms with Gasteiger partial charge in [-0.15, -0.1) is 5.10 Å². The molecule has 0 saturated carbocycles. The number of β-amino-alcohol motifs (C(OH)–C–C–N with tert-alkyl or cyclic N) is 1. The molecule has 1 aliphatic rings. The van der Waals surface area contributed by atoms with Gasteiger partial charge in [-0.05, 0) is 55.0 Å². The van der Waals surface area contributed by atoms with Crippen molar-refractivity contribution in [1.29, 1.82) is 0 Å². The molecule has 0 spiro atoms. The second-order valence-corrected chi connectivity index (χ2v) is 8.02. The Balaban J connectivity index is 1.40. The Morgan fingerprint density at radius 1 is 1.18 bits per heavy atom. The highest BCUT2D eigenvalue weighted by molar-refractivity contribution is 5.95. The van der Waals surface area contributed by atoms with Crippen LogP contribution in [0.5, 0.6) is 0 Å². The topological polar surface area (TPSA) is 124 Å². The van der Waals surface area contributed by atoms with Gasteiger partial charge in [-0.1, -0.05) is 5.21 Å². The van der Waals surface area contributed by atoms with Crippen LogP contribution in [0.25, 0.3) is 27.8 Å². The number of aromatic nitrogens is 4. The number of aliphatic hydroxyl groups excluding tert-OH is 2. The second-order valence-electron chi connectivity index (χ2n) is 8.02. The summed E-state index contributed by atoms with van der Waals surface area (Å²) in [6.45, 7) is -0.0222. The first kappa shape index (κ1) is 21.0. The Kier molecular flexibility index (Phi) is 5.23. The molecular formula is C23H20FN5O4. The van der Waals surface area contributed by atoms with E-state index < -0.39 is 18.0 Å². The average Bonchev–Trinajstić information content (AvgIpc) is 3.45. The Hall–Kier alpha value is -3.89. The number of aliphatic hydroxyl groups is 2. The number of carbonyl (C=O) groups is 1. The van der Waals surface area contributed by atoms with Crippen molar-refractivity contribution in [3.63, 3.8) is 0 Å². The number of pyridine rings is 1. The summed E-state index contributed by atoms with van der Waals surface area (Å²) >= 11 is 0. The lowest BCUT2D eigenvalue weighted by Gasteiger charge is -2.22. The molecule has 1 saturated heterocycles. The maximum atomic E-state index is 13.6. The van der Waals surface area contributed by atoms with E-state index in [1.807, 2.05) is 0 Å². The fraction of sp³-hybridized carbons (Fsp3) is 0.217. The number of nitrogens with one attached hydrogen (secondary N) is 1. The molecule has 10 heteroatoms. The number of H-pyrrole nitrogens is 1. The summed E-state index contributed by atoms with van der Waals surface area (Å²) in [6.07, 6.45) is 1.28. The smallest absolute Gasteiger partial charge is 0.258 e. The van der Waals surface area contributed by atoms with Crippen LogP contribution in [0.15, 0.2) is 59.5 Å². The number of hydrogen-bond donors (Lipinski definition) is 3. The fourth-order valence-electron chi connectivity index (χ4n) is 4.12. The van der Waals surface area contributed by atoms with Gasteiger partial charge in [0.1, 0.15) is 11.5 Å². The maximum Gasteiger partial charge on any atom is 0.258 e. The van der Waals surface area contributed by atoms with Gasteiger partial charge in [0.25, 0.3) is 11.5 Å². The summed E-state index contributed by atoms with van der Waals surface area (Å²) in [4.78, 5) is 29.4. The van der Waals surface area contributed by atoms with Crippen molar-refractivity contribution < 1.29 is 19.4 Å². The number of likely N-dealkylation sites (tertiary alicyclic amines) is 1. The highest BCUT2D eigenvalue weighted by Gasteiger charge is 2.34. The van der Waals surface area contributed by atoms with Crippen LogP contribution < -0.4 is 5.56 Å². The van der Waals surface area contributed by atoms with Crippen LogP contribution in [-0.2, 0) is 0 Å². The number of carbonyl (C=O) groups excluding carboxylic acids is 1. The molecule has 2 atom stereocenters. The lowest BCUT2D eigenvalue weighted by atomic mass is 10.1. The monoisotopic (exact) mass is 449 g/mol. The zero-order valence-electron chi connectivity index (χ0n) is 17.3. The first-order valence-electron chi connectivity index (χ1n) is 10.4. The predicted molar refractivity (Wildman–Crippen MR) is 117 cm³/mol. The van der Waals surface area contributed by atoms with Crippen LogP contribution in [0.1, 0.15) is 16.8 Å². The minimum Gasteiger partial charge on any atom is -0.394 e. The van der Waals surface area contributed by atoms with Crippen molar-refractivity contribution in [1.82, 2.24) is 24.9 Å². The number of aromatic amines is 1. The molecule has 3 N–H and O–H groups in total. The number of halogens is 1. The Morgan fingerprint density at radius 3 is 2.73 bits per heavy atom. The Labute approximate surface area is 186 Å². The number of amides is 1. The largest absolute Gasteiger partial charge is 0.394 e. The first-order valence-corrected chi connectivity index (χ1v) is 10.4. The van der Waals surface area contributed by atoms with E-state index >= 15 is 0 Å². The van der Waals surface area contributed by atoms with Crippen molar-refractivity contribution in [2.24, 2.45) is 0 Å². The average molecular weight is 449 g/mol. The summed E-state index contributed by atoms with van der Waals surface area (Å²) in [7, 11) is 0. The molecule has 5 rings (SSSR count).